The van der Waals surface area contributed by atoms with E-state index in [1.165, 1.54) is 23.9 Å². The molecule has 0 bridgehead atoms. The summed E-state index contributed by atoms with van der Waals surface area (Å²) in [6.45, 7) is -0.287. The van der Waals surface area contributed by atoms with Crippen molar-refractivity contribution in [2.75, 3.05) is 0 Å². The van der Waals surface area contributed by atoms with Crippen LogP contribution in [0.2, 0.25) is 0 Å². The first-order chi connectivity index (χ1) is 10.2. The van der Waals surface area contributed by atoms with Gasteiger partial charge in [-0.1, -0.05) is 12.1 Å². The average Bonchev–Trinajstić information content (AvgIpc) is 2.89. The summed E-state index contributed by atoms with van der Waals surface area (Å²) in [5, 5.41) is 20.5. The van der Waals surface area contributed by atoms with Crippen LogP contribution in [0.25, 0.3) is 11.1 Å². The van der Waals surface area contributed by atoms with Gasteiger partial charge in [0.1, 0.15) is 5.52 Å². The fourth-order valence-electron chi connectivity index (χ4n) is 1.89. The lowest BCUT2D eigenvalue weighted by Crippen LogP contribution is -1.93. The lowest BCUT2D eigenvalue weighted by Gasteiger charge is -2.04. The predicted molar refractivity (Wildman–Crippen MR) is 77.2 cm³/mol. The number of non-ortho nitro benzene ring substituents is 1. The maximum Gasteiger partial charge on any atom is 0.269 e. The quantitative estimate of drug-likeness (QED) is 0.587. The van der Waals surface area contributed by atoms with Crippen LogP contribution in [0.1, 0.15) is 5.56 Å². The standard InChI is InChI=1S/C14H10N2O4S/c17-8-9-7-10(16(18)19)5-6-13(9)21-14-15-11-3-1-2-4-12(11)20-14/h1-7,17H,8H2. The number of aromatic nitrogens is 1. The molecule has 0 saturated heterocycles. The highest BCUT2D eigenvalue weighted by Gasteiger charge is 2.14. The normalized spacial score (nSPS) is 10.9. The molecule has 0 aliphatic carbocycles. The first-order valence-electron chi connectivity index (χ1n) is 6.09. The van der Waals surface area contributed by atoms with Crippen LogP contribution in [-0.2, 0) is 6.61 Å². The monoisotopic (exact) mass is 302 g/mol. The van der Waals surface area contributed by atoms with Gasteiger partial charge in [0.25, 0.3) is 10.9 Å². The molecule has 0 fully saturated rings. The van der Waals surface area contributed by atoms with Crippen molar-refractivity contribution in [1.82, 2.24) is 4.98 Å². The Bertz CT molecular complexity index is 783. The molecule has 0 saturated carbocycles. The molecule has 0 radical (unpaired) electrons. The molecule has 1 N–H and O–H groups in total. The second-order valence-electron chi connectivity index (χ2n) is 4.26. The summed E-state index contributed by atoms with van der Waals surface area (Å²) in [7, 11) is 0. The van der Waals surface area contributed by atoms with Crippen LogP contribution in [0.5, 0.6) is 0 Å². The Morgan fingerprint density at radius 2 is 2.10 bits per heavy atom. The highest BCUT2D eigenvalue weighted by Crippen LogP contribution is 2.33. The first kappa shape index (κ1) is 13.6. The summed E-state index contributed by atoms with van der Waals surface area (Å²) in [5.41, 5.74) is 1.83. The number of oxazole rings is 1. The van der Waals surface area contributed by atoms with Gasteiger partial charge in [0, 0.05) is 17.0 Å². The fourth-order valence-corrected chi connectivity index (χ4v) is 2.75. The number of aliphatic hydroxyl groups is 1. The van der Waals surface area contributed by atoms with Gasteiger partial charge in [0.2, 0.25) is 0 Å². The molecule has 7 heteroatoms. The summed E-state index contributed by atoms with van der Waals surface area (Å²) >= 11 is 1.22. The van der Waals surface area contributed by atoms with Crippen molar-refractivity contribution in [3.63, 3.8) is 0 Å². The summed E-state index contributed by atoms with van der Waals surface area (Å²) in [6, 6.07) is 11.7. The van der Waals surface area contributed by atoms with Gasteiger partial charge in [-0.3, -0.25) is 10.1 Å². The number of aliphatic hydroxyl groups excluding tert-OH is 1. The smallest absolute Gasteiger partial charge is 0.269 e. The highest BCUT2D eigenvalue weighted by molar-refractivity contribution is 7.99. The lowest BCUT2D eigenvalue weighted by molar-refractivity contribution is -0.385. The predicted octanol–water partition coefficient (Wildman–Crippen LogP) is 3.38. The maximum atomic E-state index is 10.7. The largest absolute Gasteiger partial charge is 0.431 e. The van der Waals surface area contributed by atoms with E-state index in [1.807, 2.05) is 24.3 Å². The lowest BCUT2D eigenvalue weighted by atomic mass is 10.2. The molecule has 2 aromatic carbocycles. The minimum atomic E-state index is -0.493. The van der Waals surface area contributed by atoms with Crippen molar-refractivity contribution in [3.8, 4) is 0 Å². The zero-order valence-electron chi connectivity index (χ0n) is 10.7. The van der Waals surface area contributed by atoms with Gasteiger partial charge < -0.3 is 9.52 Å². The summed E-state index contributed by atoms with van der Waals surface area (Å²) < 4.78 is 5.59. The molecule has 1 heterocycles. The highest BCUT2D eigenvalue weighted by atomic mass is 32.2. The zero-order chi connectivity index (χ0) is 14.8. The molecule has 6 nitrogen and oxygen atoms in total. The number of benzene rings is 2. The number of rotatable bonds is 4. The van der Waals surface area contributed by atoms with Crippen molar-refractivity contribution in [2.24, 2.45) is 0 Å². The molecular weight excluding hydrogens is 292 g/mol. The van der Waals surface area contributed by atoms with Crippen LogP contribution in [0, 0.1) is 10.1 Å². The summed E-state index contributed by atoms with van der Waals surface area (Å²) in [4.78, 5) is 15.2. The average molecular weight is 302 g/mol. The number of nitro groups is 1. The number of nitrogens with zero attached hydrogens (tertiary/aromatic N) is 2. The third-order valence-electron chi connectivity index (χ3n) is 2.90. The van der Waals surface area contributed by atoms with Gasteiger partial charge in [0.15, 0.2) is 5.58 Å². The van der Waals surface area contributed by atoms with Gasteiger partial charge in [0.05, 0.1) is 11.5 Å². The van der Waals surface area contributed by atoms with Gasteiger partial charge in [-0.15, -0.1) is 0 Å². The van der Waals surface area contributed by atoms with Gasteiger partial charge in [-0.2, -0.15) is 0 Å². The van der Waals surface area contributed by atoms with E-state index in [9.17, 15) is 15.2 Å². The van der Waals surface area contributed by atoms with Gasteiger partial charge in [-0.25, -0.2) is 4.98 Å². The number of para-hydroxylation sites is 2. The molecule has 3 rings (SSSR count). The van der Waals surface area contributed by atoms with Crippen LogP contribution in [0.3, 0.4) is 0 Å². The molecular formula is C14H10N2O4S. The van der Waals surface area contributed by atoms with Crippen molar-refractivity contribution in [2.45, 2.75) is 16.7 Å². The maximum absolute atomic E-state index is 10.7. The summed E-state index contributed by atoms with van der Waals surface area (Å²) in [5.74, 6) is 0. The molecule has 1 aromatic heterocycles. The van der Waals surface area contributed by atoms with E-state index in [-0.39, 0.29) is 12.3 Å². The molecule has 0 aliphatic heterocycles. The Labute approximate surface area is 123 Å². The number of fused-ring (bicyclic) bond motifs is 1. The van der Waals surface area contributed by atoms with Crippen LogP contribution >= 0.6 is 11.8 Å². The van der Waals surface area contributed by atoms with E-state index in [2.05, 4.69) is 4.98 Å². The van der Waals surface area contributed by atoms with Gasteiger partial charge in [-0.05, 0) is 35.5 Å². The molecule has 21 heavy (non-hydrogen) atoms. The first-order valence-corrected chi connectivity index (χ1v) is 6.90. The van der Waals surface area contributed by atoms with Crippen LogP contribution in [0.4, 0.5) is 5.69 Å². The molecule has 0 amide bonds. The van der Waals surface area contributed by atoms with Crippen LogP contribution in [-0.4, -0.2) is 15.0 Å². The number of hydrogen-bond donors (Lipinski definition) is 1. The minimum Gasteiger partial charge on any atom is -0.431 e. The third kappa shape index (κ3) is 2.74. The van der Waals surface area contributed by atoms with E-state index in [0.29, 0.717) is 21.3 Å². The third-order valence-corrected chi connectivity index (χ3v) is 3.86. The van der Waals surface area contributed by atoms with E-state index < -0.39 is 4.92 Å². The SMILES string of the molecule is O=[N+]([O-])c1ccc(Sc2nc3ccccc3o2)c(CO)c1. The minimum absolute atomic E-state index is 0.0547. The van der Waals surface area contributed by atoms with E-state index >= 15 is 0 Å². The Balaban J connectivity index is 1.95. The topological polar surface area (TPSA) is 89.4 Å². The zero-order valence-corrected chi connectivity index (χ0v) is 11.5. The van der Waals surface area contributed by atoms with Crippen molar-refractivity contribution in [1.29, 1.82) is 0 Å². The fraction of sp³-hybridized carbons (Fsp3) is 0.0714. The second-order valence-corrected chi connectivity index (χ2v) is 5.25. The molecule has 0 aliphatic rings. The Morgan fingerprint density at radius 1 is 1.29 bits per heavy atom. The molecule has 0 atom stereocenters. The second kappa shape index (κ2) is 5.55. The van der Waals surface area contributed by atoms with Crippen molar-refractivity contribution in [3.05, 3.63) is 58.1 Å². The number of nitro benzene ring substituents is 1. The summed E-state index contributed by atoms with van der Waals surface area (Å²) in [6.07, 6.45) is 0. The van der Waals surface area contributed by atoms with Crippen LogP contribution in [0.15, 0.2) is 57.0 Å². The molecule has 0 unspecified atom stereocenters. The van der Waals surface area contributed by atoms with E-state index in [4.69, 9.17) is 4.42 Å². The van der Waals surface area contributed by atoms with Gasteiger partial charge >= 0.3 is 0 Å². The Kier molecular flexibility index (Phi) is 3.59. The van der Waals surface area contributed by atoms with Crippen molar-refractivity contribution < 1.29 is 14.4 Å². The van der Waals surface area contributed by atoms with E-state index in [0.717, 1.165) is 5.52 Å². The molecule has 106 valence electrons. The molecule has 0 spiro atoms. The van der Waals surface area contributed by atoms with E-state index in [1.54, 1.807) is 6.07 Å². The molecule has 3 aromatic rings. The van der Waals surface area contributed by atoms with Crippen LogP contribution < -0.4 is 0 Å². The Hall–Kier alpha value is -2.38. The number of hydrogen-bond acceptors (Lipinski definition) is 6. The van der Waals surface area contributed by atoms with Crippen molar-refractivity contribution >= 4 is 28.5 Å². The Morgan fingerprint density at radius 3 is 2.81 bits per heavy atom.